The molecule has 0 atom stereocenters. The van der Waals surface area contributed by atoms with Gasteiger partial charge in [-0.05, 0) is 68.3 Å². The highest BCUT2D eigenvalue weighted by Crippen LogP contribution is 2.43. The van der Waals surface area contributed by atoms with Crippen LogP contribution in [0.4, 0.5) is 21.6 Å². The first-order valence-electron chi connectivity index (χ1n) is 12.8. The number of aromatic nitrogens is 2. The number of fused-ring (bicyclic) bond motifs is 1. The predicted octanol–water partition coefficient (Wildman–Crippen LogP) is 5.30. The van der Waals surface area contributed by atoms with Crippen molar-refractivity contribution in [2.24, 2.45) is 5.41 Å². The highest BCUT2D eigenvalue weighted by Gasteiger charge is 2.40. The van der Waals surface area contributed by atoms with E-state index in [1.165, 1.54) is 25.6 Å². The Hall–Kier alpha value is -3.27. The van der Waals surface area contributed by atoms with Gasteiger partial charge in [-0.1, -0.05) is 17.7 Å². The third-order valence-electron chi connectivity index (χ3n) is 7.56. The average molecular weight is 540 g/mol. The van der Waals surface area contributed by atoms with Crippen LogP contribution in [-0.2, 0) is 4.79 Å². The van der Waals surface area contributed by atoms with Crippen molar-refractivity contribution in [1.82, 2.24) is 14.9 Å². The Morgan fingerprint density at radius 1 is 1.26 bits per heavy atom. The van der Waals surface area contributed by atoms with Crippen molar-refractivity contribution in [3.05, 3.63) is 59.7 Å². The summed E-state index contributed by atoms with van der Waals surface area (Å²) in [5.74, 6) is 0.166. The number of aliphatic hydroxyl groups is 1. The molecule has 10 heteroatoms. The molecule has 2 fully saturated rings. The molecule has 5 rings (SSSR count). The molecule has 1 aliphatic heterocycles. The highest BCUT2D eigenvalue weighted by molar-refractivity contribution is 6.31. The van der Waals surface area contributed by atoms with Gasteiger partial charge in [-0.25, -0.2) is 14.4 Å². The number of anilines is 3. The lowest BCUT2D eigenvalue weighted by Gasteiger charge is -2.35. The number of halogens is 2. The number of nitrogens with zero attached hydrogens (tertiary/aromatic N) is 3. The Morgan fingerprint density at radius 2 is 2.08 bits per heavy atom. The predicted molar refractivity (Wildman–Crippen MR) is 147 cm³/mol. The number of likely N-dealkylation sites (tertiary alicyclic amines) is 1. The standard InChI is InChI=1S/C28H31ClFN5O3/c1-38-25-15-23-20(27(32-17-31-23)33-18-4-5-22(30)21(29)13-18)14-24(25)34-26(37)3-2-11-35-12-10-28(16-35)8-6-19(36)7-9-28/h2-5,13-15,17,19,36H,6-12,16H2,1H3,(H,34,37)(H,31,32,33)/b3-2+. The fourth-order valence-electron chi connectivity index (χ4n) is 5.45. The molecule has 0 radical (unpaired) electrons. The maximum absolute atomic E-state index is 13.6. The maximum atomic E-state index is 13.6. The lowest BCUT2D eigenvalue weighted by molar-refractivity contribution is -0.111. The molecule has 2 aliphatic rings. The Morgan fingerprint density at radius 3 is 2.84 bits per heavy atom. The van der Waals surface area contributed by atoms with Crippen molar-refractivity contribution < 1.29 is 19.0 Å². The van der Waals surface area contributed by atoms with Crippen molar-refractivity contribution in [1.29, 1.82) is 0 Å². The number of hydrogen-bond acceptors (Lipinski definition) is 7. The molecule has 3 aromatic rings. The van der Waals surface area contributed by atoms with Crippen LogP contribution in [0, 0.1) is 11.2 Å². The van der Waals surface area contributed by atoms with Gasteiger partial charge >= 0.3 is 0 Å². The lowest BCUT2D eigenvalue weighted by atomic mass is 9.73. The average Bonchev–Trinajstić information content (AvgIpc) is 3.30. The van der Waals surface area contributed by atoms with Crippen LogP contribution in [-0.4, -0.2) is 58.7 Å². The highest BCUT2D eigenvalue weighted by atomic mass is 35.5. The Bertz CT molecular complexity index is 1360. The van der Waals surface area contributed by atoms with Gasteiger partial charge in [-0.15, -0.1) is 0 Å². The van der Waals surface area contributed by atoms with Crippen molar-refractivity contribution in [2.45, 2.75) is 38.2 Å². The first-order valence-corrected chi connectivity index (χ1v) is 13.1. The smallest absolute Gasteiger partial charge is 0.248 e. The molecule has 1 aliphatic carbocycles. The fourth-order valence-corrected chi connectivity index (χ4v) is 5.63. The van der Waals surface area contributed by atoms with Gasteiger partial charge in [0.1, 0.15) is 23.7 Å². The Balaban J connectivity index is 1.27. The molecule has 1 saturated carbocycles. The summed E-state index contributed by atoms with van der Waals surface area (Å²) < 4.78 is 19.1. The van der Waals surface area contributed by atoms with E-state index < -0.39 is 5.82 Å². The minimum absolute atomic E-state index is 0.00332. The molecule has 1 spiro atoms. The molecular weight excluding hydrogens is 509 g/mol. The summed E-state index contributed by atoms with van der Waals surface area (Å²) in [6, 6.07) is 7.78. The second-order valence-electron chi connectivity index (χ2n) is 10.2. The van der Waals surface area contributed by atoms with Gasteiger partial charge in [0.25, 0.3) is 0 Å². The second-order valence-corrected chi connectivity index (χ2v) is 10.6. The van der Waals surface area contributed by atoms with Crippen LogP contribution in [0.2, 0.25) is 5.02 Å². The maximum Gasteiger partial charge on any atom is 0.248 e. The van der Waals surface area contributed by atoms with E-state index in [0.29, 0.717) is 45.8 Å². The van der Waals surface area contributed by atoms with E-state index in [-0.39, 0.29) is 17.0 Å². The van der Waals surface area contributed by atoms with Gasteiger partial charge in [-0.2, -0.15) is 0 Å². The molecule has 1 amide bonds. The van der Waals surface area contributed by atoms with Crippen LogP contribution in [0.25, 0.3) is 10.9 Å². The first-order chi connectivity index (χ1) is 18.3. The molecule has 2 heterocycles. The van der Waals surface area contributed by atoms with Crippen LogP contribution >= 0.6 is 11.6 Å². The van der Waals surface area contributed by atoms with Crippen LogP contribution in [0.1, 0.15) is 32.1 Å². The fraction of sp³-hybridized carbons (Fsp3) is 0.393. The minimum atomic E-state index is -0.509. The van der Waals surface area contributed by atoms with Gasteiger partial charge < -0.3 is 20.5 Å². The summed E-state index contributed by atoms with van der Waals surface area (Å²) >= 11 is 5.92. The van der Waals surface area contributed by atoms with Crippen molar-refractivity contribution >= 4 is 45.6 Å². The van der Waals surface area contributed by atoms with E-state index in [9.17, 15) is 14.3 Å². The Labute approximate surface area is 225 Å². The zero-order chi connectivity index (χ0) is 26.7. The summed E-state index contributed by atoms with van der Waals surface area (Å²) in [6.45, 7) is 2.73. The molecule has 0 unspecified atom stereocenters. The lowest BCUT2D eigenvalue weighted by Crippen LogP contribution is -2.33. The number of nitrogens with one attached hydrogen (secondary N) is 2. The van der Waals surface area contributed by atoms with E-state index in [2.05, 4.69) is 25.5 Å². The number of methoxy groups -OCH3 is 1. The number of ether oxygens (including phenoxy) is 1. The summed E-state index contributed by atoms with van der Waals surface area (Å²) in [6.07, 6.45) is 9.76. The van der Waals surface area contributed by atoms with Crippen LogP contribution in [0.3, 0.4) is 0 Å². The molecular formula is C28H31ClFN5O3. The van der Waals surface area contributed by atoms with E-state index in [4.69, 9.17) is 16.3 Å². The monoisotopic (exact) mass is 539 g/mol. The summed E-state index contributed by atoms with van der Waals surface area (Å²) in [4.78, 5) is 23.8. The number of carbonyl (C=O) groups is 1. The van der Waals surface area contributed by atoms with Gasteiger partial charge in [0.15, 0.2) is 0 Å². The molecule has 38 heavy (non-hydrogen) atoms. The number of aliphatic hydroxyl groups excluding tert-OH is 1. The van der Waals surface area contributed by atoms with E-state index in [1.807, 2.05) is 6.08 Å². The van der Waals surface area contributed by atoms with Crippen LogP contribution in [0.15, 0.2) is 48.8 Å². The zero-order valence-corrected chi connectivity index (χ0v) is 22.0. The molecule has 0 bridgehead atoms. The van der Waals surface area contributed by atoms with Gasteiger partial charge in [0.05, 0.1) is 29.4 Å². The normalized spacial score (nSPS) is 21.8. The van der Waals surface area contributed by atoms with Gasteiger partial charge in [-0.3, -0.25) is 9.69 Å². The number of rotatable bonds is 7. The third-order valence-corrected chi connectivity index (χ3v) is 7.85. The van der Waals surface area contributed by atoms with E-state index >= 15 is 0 Å². The zero-order valence-electron chi connectivity index (χ0n) is 21.2. The number of carbonyl (C=O) groups excluding carboxylic acids is 1. The second kappa shape index (κ2) is 11.2. The quantitative estimate of drug-likeness (QED) is 0.350. The molecule has 1 aromatic heterocycles. The van der Waals surface area contributed by atoms with E-state index in [0.717, 1.165) is 45.2 Å². The van der Waals surface area contributed by atoms with Crippen molar-refractivity contribution in [3.8, 4) is 5.75 Å². The summed E-state index contributed by atoms with van der Waals surface area (Å²) in [7, 11) is 1.53. The van der Waals surface area contributed by atoms with Gasteiger partial charge in [0.2, 0.25) is 5.91 Å². The largest absolute Gasteiger partial charge is 0.494 e. The molecule has 3 N–H and O–H groups in total. The number of benzene rings is 2. The van der Waals surface area contributed by atoms with Crippen LogP contribution in [0.5, 0.6) is 5.75 Å². The SMILES string of the molecule is COc1cc2ncnc(Nc3ccc(F)c(Cl)c3)c2cc1NC(=O)/C=C/CN1CCC2(CCC(O)CC2)C1. The minimum Gasteiger partial charge on any atom is -0.494 e. The third kappa shape index (κ3) is 5.90. The molecule has 8 nitrogen and oxygen atoms in total. The molecule has 200 valence electrons. The molecule has 1 saturated heterocycles. The molecule has 2 aromatic carbocycles. The van der Waals surface area contributed by atoms with Crippen molar-refractivity contribution in [3.63, 3.8) is 0 Å². The van der Waals surface area contributed by atoms with E-state index in [1.54, 1.807) is 24.3 Å². The topological polar surface area (TPSA) is 99.6 Å². The van der Waals surface area contributed by atoms with Gasteiger partial charge in [0, 0.05) is 36.3 Å². The number of hydrogen-bond donors (Lipinski definition) is 3. The summed E-state index contributed by atoms with van der Waals surface area (Å²) in [5, 5.41) is 16.5. The summed E-state index contributed by atoms with van der Waals surface area (Å²) in [5.41, 5.74) is 1.97. The first kappa shape index (κ1) is 26.3. The van der Waals surface area contributed by atoms with Crippen molar-refractivity contribution in [2.75, 3.05) is 37.4 Å². The van der Waals surface area contributed by atoms with Crippen LogP contribution < -0.4 is 15.4 Å². The Kier molecular flexibility index (Phi) is 7.78. The number of amides is 1.